The molecule has 6 heteroatoms. The Hall–Kier alpha value is -3.64. The number of pyridine rings is 2. The van der Waals surface area contributed by atoms with Gasteiger partial charge in [-0.25, -0.2) is 4.98 Å². The SMILES string of the molecule is CSc1cc(C(=O)NCc2cc(-c3cccc(-c4cccc(N)n4)c3)ccn2)ccc1C. The molecule has 0 spiro atoms. The van der Waals surface area contributed by atoms with Crippen LogP contribution >= 0.6 is 11.8 Å². The van der Waals surface area contributed by atoms with Gasteiger partial charge in [0.25, 0.3) is 5.91 Å². The molecule has 4 aromatic rings. The molecule has 3 N–H and O–H groups in total. The number of aromatic nitrogens is 2. The van der Waals surface area contributed by atoms with Crippen LogP contribution in [0.3, 0.4) is 0 Å². The second kappa shape index (κ2) is 9.66. The zero-order valence-corrected chi connectivity index (χ0v) is 18.8. The molecule has 0 atom stereocenters. The number of aryl methyl sites for hydroxylation is 1. The largest absolute Gasteiger partial charge is 0.384 e. The molecular weight excluding hydrogens is 416 g/mol. The monoisotopic (exact) mass is 440 g/mol. The Kier molecular flexibility index (Phi) is 6.52. The molecular formula is C26H24N4OS. The van der Waals surface area contributed by atoms with Gasteiger partial charge in [-0.2, -0.15) is 0 Å². The van der Waals surface area contributed by atoms with Crippen LogP contribution < -0.4 is 11.1 Å². The number of thioether (sulfide) groups is 1. The Bertz CT molecular complexity index is 1270. The maximum Gasteiger partial charge on any atom is 0.251 e. The van der Waals surface area contributed by atoms with E-state index in [9.17, 15) is 4.79 Å². The molecule has 2 aromatic carbocycles. The Balaban J connectivity index is 1.51. The summed E-state index contributed by atoms with van der Waals surface area (Å²) in [6.07, 6.45) is 3.77. The third-order valence-corrected chi connectivity index (χ3v) is 6.06. The van der Waals surface area contributed by atoms with Crippen molar-refractivity contribution in [3.8, 4) is 22.4 Å². The summed E-state index contributed by atoms with van der Waals surface area (Å²) in [5, 5.41) is 2.97. The lowest BCUT2D eigenvalue weighted by Gasteiger charge is -2.10. The number of nitrogens with two attached hydrogens (primary N) is 1. The number of anilines is 1. The topological polar surface area (TPSA) is 80.9 Å². The normalized spacial score (nSPS) is 10.7. The summed E-state index contributed by atoms with van der Waals surface area (Å²) in [5.41, 5.74) is 12.3. The summed E-state index contributed by atoms with van der Waals surface area (Å²) >= 11 is 1.64. The zero-order chi connectivity index (χ0) is 22.5. The van der Waals surface area contributed by atoms with Crippen LogP contribution in [-0.2, 0) is 6.54 Å². The highest BCUT2D eigenvalue weighted by atomic mass is 32.2. The Morgan fingerprint density at radius 2 is 1.75 bits per heavy atom. The predicted molar refractivity (Wildman–Crippen MR) is 131 cm³/mol. The fraction of sp³-hybridized carbons (Fsp3) is 0.115. The minimum atomic E-state index is -0.109. The van der Waals surface area contributed by atoms with Gasteiger partial charge in [-0.1, -0.05) is 30.3 Å². The molecule has 4 rings (SSSR count). The zero-order valence-electron chi connectivity index (χ0n) is 18.0. The first kappa shape index (κ1) is 21.6. The minimum absolute atomic E-state index is 0.109. The lowest BCUT2D eigenvalue weighted by molar-refractivity contribution is 0.0950. The number of carbonyl (C=O) groups excluding carboxylic acids is 1. The first-order valence-corrected chi connectivity index (χ1v) is 11.5. The van der Waals surface area contributed by atoms with Crippen LogP contribution in [0.2, 0.25) is 0 Å². The fourth-order valence-electron chi connectivity index (χ4n) is 3.46. The van der Waals surface area contributed by atoms with Crippen molar-refractivity contribution in [3.05, 3.63) is 95.8 Å². The molecule has 2 heterocycles. The second-order valence-electron chi connectivity index (χ2n) is 7.43. The average molecular weight is 441 g/mol. The van der Waals surface area contributed by atoms with E-state index in [4.69, 9.17) is 5.73 Å². The Morgan fingerprint density at radius 1 is 0.969 bits per heavy atom. The molecule has 0 aliphatic heterocycles. The van der Waals surface area contributed by atoms with Gasteiger partial charge in [0.05, 0.1) is 17.9 Å². The van der Waals surface area contributed by atoms with E-state index in [1.54, 1.807) is 24.0 Å². The standard InChI is InChI=1S/C26H24N4OS/c1-17-9-10-21(15-24(17)32-2)26(31)29-16-22-14-19(11-12-28-22)18-5-3-6-20(13-18)23-7-4-8-25(27)30-23/h3-15H,16H2,1-2H3,(H2,27,30)(H,29,31). The molecule has 0 aliphatic carbocycles. The van der Waals surface area contributed by atoms with E-state index in [2.05, 4.69) is 21.4 Å². The number of hydrogen-bond donors (Lipinski definition) is 2. The maximum absolute atomic E-state index is 12.6. The molecule has 0 fully saturated rings. The number of benzene rings is 2. The highest BCUT2D eigenvalue weighted by Gasteiger charge is 2.09. The van der Waals surface area contributed by atoms with E-state index in [-0.39, 0.29) is 5.91 Å². The summed E-state index contributed by atoms with van der Waals surface area (Å²) in [6, 6.07) is 23.5. The van der Waals surface area contributed by atoms with Crippen molar-refractivity contribution >= 4 is 23.5 Å². The van der Waals surface area contributed by atoms with Gasteiger partial charge in [-0.3, -0.25) is 9.78 Å². The number of nitrogens with zero attached hydrogens (tertiary/aromatic N) is 2. The first-order valence-electron chi connectivity index (χ1n) is 10.2. The second-order valence-corrected chi connectivity index (χ2v) is 8.28. The number of amides is 1. The molecule has 160 valence electrons. The van der Waals surface area contributed by atoms with Crippen molar-refractivity contribution in [3.63, 3.8) is 0 Å². The third-order valence-electron chi connectivity index (χ3n) is 5.18. The number of nitrogens with one attached hydrogen (secondary N) is 1. The molecule has 0 radical (unpaired) electrons. The summed E-state index contributed by atoms with van der Waals surface area (Å²) in [4.78, 5) is 22.6. The summed E-state index contributed by atoms with van der Waals surface area (Å²) in [6.45, 7) is 2.40. The Labute approximate surface area is 192 Å². The molecule has 32 heavy (non-hydrogen) atoms. The van der Waals surface area contributed by atoms with Crippen molar-refractivity contribution < 1.29 is 4.79 Å². The molecule has 0 bridgehead atoms. The molecule has 1 amide bonds. The predicted octanol–water partition coefficient (Wildman–Crippen LogP) is 5.35. The van der Waals surface area contributed by atoms with Crippen LogP contribution in [0.4, 0.5) is 5.82 Å². The number of nitrogen functional groups attached to an aromatic ring is 1. The summed E-state index contributed by atoms with van der Waals surface area (Å²) in [5.74, 6) is 0.385. The van der Waals surface area contributed by atoms with E-state index in [1.165, 1.54) is 5.56 Å². The Morgan fingerprint density at radius 3 is 2.56 bits per heavy atom. The molecule has 0 saturated carbocycles. The molecule has 5 nitrogen and oxygen atoms in total. The van der Waals surface area contributed by atoms with E-state index >= 15 is 0 Å². The van der Waals surface area contributed by atoms with Gasteiger partial charge in [-0.05, 0) is 72.3 Å². The van der Waals surface area contributed by atoms with Crippen LogP contribution in [0.15, 0.2) is 83.9 Å². The van der Waals surface area contributed by atoms with E-state index in [0.29, 0.717) is 17.9 Å². The van der Waals surface area contributed by atoms with Gasteiger partial charge in [0.15, 0.2) is 0 Å². The van der Waals surface area contributed by atoms with Gasteiger partial charge in [0.1, 0.15) is 5.82 Å². The average Bonchev–Trinajstić information content (AvgIpc) is 2.83. The van der Waals surface area contributed by atoms with Gasteiger partial charge >= 0.3 is 0 Å². The van der Waals surface area contributed by atoms with Crippen molar-refractivity contribution in [1.29, 1.82) is 0 Å². The van der Waals surface area contributed by atoms with Crippen LogP contribution in [0, 0.1) is 6.92 Å². The number of hydrogen-bond acceptors (Lipinski definition) is 5. The van der Waals surface area contributed by atoms with Crippen molar-refractivity contribution in [2.75, 3.05) is 12.0 Å². The third kappa shape index (κ3) is 4.98. The van der Waals surface area contributed by atoms with Crippen LogP contribution in [0.1, 0.15) is 21.6 Å². The van der Waals surface area contributed by atoms with Crippen LogP contribution in [0.5, 0.6) is 0 Å². The van der Waals surface area contributed by atoms with Gasteiger partial charge in [-0.15, -0.1) is 11.8 Å². The lowest BCUT2D eigenvalue weighted by atomic mass is 10.0. The molecule has 0 aliphatic rings. The highest BCUT2D eigenvalue weighted by Crippen LogP contribution is 2.26. The van der Waals surface area contributed by atoms with Crippen molar-refractivity contribution in [1.82, 2.24) is 15.3 Å². The van der Waals surface area contributed by atoms with Gasteiger partial charge in [0, 0.05) is 22.2 Å². The first-order chi connectivity index (χ1) is 15.5. The maximum atomic E-state index is 12.6. The van der Waals surface area contributed by atoms with Gasteiger partial charge in [0.2, 0.25) is 0 Å². The summed E-state index contributed by atoms with van der Waals surface area (Å²) in [7, 11) is 0. The summed E-state index contributed by atoms with van der Waals surface area (Å²) < 4.78 is 0. The smallest absolute Gasteiger partial charge is 0.251 e. The molecule has 0 unspecified atom stereocenters. The van der Waals surface area contributed by atoms with Crippen LogP contribution in [0.25, 0.3) is 22.4 Å². The fourth-order valence-corrected chi connectivity index (χ4v) is 4.09. The van der Waals surface area contributed by atoms with E-state index in [1.807, 2.05) is 73.8 Å². The lowest BCUT2D eigenvalue weighted by Crippen LogP contribution is -2.23. The van der Waals surface area contributed by atoms with Gasteiger partial charge < -0.3 is 11.1 Å². The quantitative estimate of drug-likeness (QED) is 0.395. The molecule has 0 saturated heterocycles. The van der Waals surface area contributed by atoms with E-state index < -0.39 is 0 Å². The number of carbonyl (C=O) groups is 1. The van der Waals surface area contributed by atoms with Crippen molar-refractivity contribution in [2.24, 2.45) is 0 Å². The van der Waals surface area contributed by atoms with E-state index in [0.717, 1.165) is 33.0 Å². The minimum Gasteiger partial charge on any atom is -0.384 e. The van der Waals surface area contributed by atoms with Crippen molar-refractivity contribution in [2.45, 2.75) is 18.4 Å². The highest BCUT2D eigenvalue weighted by molar-refractivity contribution is 7.98. The van der Waals surface area contributed by atoms with Crippen LogP contribution in [-0.4, -0.2) is 22.1 Å². The molecule has 2 aromatic heterocycles. The number of rotatable bonds is 6.